The lowest BCUT2D eigenvalue weighted by Crippen LogP contribution is -2.62. The van der Waals surface area contributed by atoms with E-state index in [4.69, 9.17) is 15.2 Å². The van der Waals surface area contributed by atoms with Crippen LogP contribution in [0.4, 0.5) is 0 Å². The fourth-order valence-electron chi connectivity index (χ4n) is 3.76. The van der Waals surface area contributed by atoms with Crippen LogP contribution < -0.4 is 5.73 Å². The van der Waals surface area contributed by atoms with Gasteiger partial charge in [0.05, 0.1) is 19.3 Å². The minimum atomic E-state index is -0.819. The summed E-state index contributed by atoms with van der Waals surface area (Å²) in [5, 5.41) is 0. The van der Waals surface area contributed by atoms with Crippen molar-refractivity contribution in [3.63, 3.8) is 0 Å². The van der Waals surface area contributed by atoms with E-state index in [2.05, 4.69) is 4.90 Å². The van der Waals surface area contributed by atoms with Gasteiger partial charge in [-0.3, -0.25) is 4.90 Å². The van der Waals surface area contributed by atoms with Gasteiger partial charge in [-0.2, -0.15) is 0 Å². The van der Waals surface area contributed by atoms with Crippen LogP contribution in [-0.2, 0) is 14.3 Å². The van der Waals surface area contributed by atoms with Crippen molar-refractivity contribution in [1.82, 2.24) is 4.90 Å². The first-order chi connectivity index (χ1) is 9.65. The zero-order valence-corrected chi connectivity index (χ0v) is 12.3. The molecule has 20 heavy (non-hydrogen) atoms. The van der Waals surface area contributed by atoms with Gasteiger partial charge < -0.3 is 15.2 Å². The number of fused-ring (bicyclic) bond motifs is 1. The number of morpholine rings is 1. The van der Waals surface area contributed by atoms with Crippen LogP contribution in [-0.4, -0.2) is 54.9 Å². The molecular weight excluding hydrogens is 256 g/mol. The lowest BCUT2D eigenvalue weighted by Gasteiger charge is -2.42. The van der Waals surface area contributed by atoms with Gasteiger partial charge in [0.25, 0.3) is 0 Å². The molecule has 0 aromatic carbocycles. The molecule has 0 aromatic heterocycles. The zero-order chi connectivity index (χ0) is 14.2. The predicted molar refractivity (Wildman–Crippen MR) is 75.2 cm³/mol. The molecule has 3 unspecified atom stereocenters. The van der Waals surface area contributed by atoms with E-state index < -0.39 is 5.54 Å². The molecule has 5 nitrogen and oxygen atoms in total. The Morgan fingerprint density at radius 2 is 2.20 bits per heavy atom. The van der Waals surface area contributed by atoms with Gasteiger partial charge in [0.15, 0.2) is 0 Å². The largest absolute Gasteiger partial charge is 0.465 e. The molecule has 2 aliphatic carbocycles. The molecular formula is C15H26N2O3. The van der Waals surface area contributed by atoms with E-state index in [9.17, 15) is 4.79 Å². The highest BCUT2D eigenvalue weighted by molar-refractivity contribution is 5.82. The van der Waals surface area contributed by atoms with Gasteiger partial charge in [0.2, 0.25) is 0 Å². The predicted octanol–water partition coefficient (Wildman–Crippen LogP) is 0.910. The second kappa shape index (κ2) is 5.62. The first-order valence-electron chi connectivity index (χ1n) is 7.97. The third-order valence-corrected chi connectivity index (χ3v) is 5.02. The first kappa shape index (κ1) is 14.3. The van der Waals surface area contributed by atoms with E-state index in [0.29, 0.717) is 31.2 Å². The molecule has 0 amide bonds. The summed E-state index contributed by atoms with van der Waals surface area (Å²) in [5.41, 5.74) is 5.67. The SMILES string of the molecule is CCOC(=O)C(N)(CN1CCOC2CCCC21)C1CC1. The number of rotatable bonds is 5. The van der Waals surface area contributed by atoms with Gasteiger partial charge in [-0.05, 0) is 44.9 Å². The van der Waals surface area contributed by atoms with Gasteiger partial charge >= 0.3 is 5.97 Å². The van der Waals surface area contributed by atoms with Crippen LogP contribution >= 0.6 is 0 Å². The molecule has 3 fully saturated rings. The number of carbonyl (C=O) groups excluding carboxylic acids is 1. The summed E-state index contributed by atoms with van der Waals surface area (Å²) in [7, 11) is 0. The van der Waals surface area contributed by atoms with Gasteiger partial charge in [-0.15, -0.1) is 0 Å². The van der Waals surface area contributed by atoms with Crippen molar-refractivity contribution in [1.29, 1.82) is 0 Å². The molecule has 2 saturated carbocycles. The Kier molecular flexibility index (Phi) is 4.02. The van der Waals surface area contributed by atoms with Crippen molar-refractivity contribution in [2.75, 3.05) is 26.3 Å². The van der Waals surface area contributed by atoms with E-state index in [-0.39, 0.29) is 5.97 Å². The average molecular weight is 282 g/mol. The summed E-state index contributed by atoms with van der Waals surface area (Å²) < 4.78 is 11.1. The molecule has 1 heterocycles. The van der Waals surface area contributed by atoms with Crippen molar-refractivity contribution >= 4 is 5.97 Å². The summed E-state index contributed by atoms with van der Waals surface area (Å²) >= 11 is 0. The van der Waals surface area contributed by atoms with Gasteiger partial charge in [-0.1, -0.05) is 0 Å². The fourth-order valence-corrected chi connectivity index (χ4v) is 3.76. The number of nitrogens with zero attached hydrogens (tertiary/aromatic N) is 1. The Morgan fingerprint density at radius 3 is 2.90 bits per heavy atom. The number of nitrogens with two attached hydrogens (primary N) is 1. The van der Waals surface area contributed by atoms with Crippen molar-refractivity contribution in [3.8, 4) is 0 Å². The minimum Gasteiger partial charge on any atom is -0.465 e. The van der Waals surface area contributed by atoms with Crippen LogP contribution in [0.5, 0.6) is 0 Å². The maximum atomic E-state index is 12.3. The summed E-state index contributed by atoms with van der Waals surface area (Å²) in [6.45, 7) is 4.50. The third kappa shape index (κ3) is 2.59. The number of carbonyl (C=O) groups is 1. The molecule has 0 spiro atoms. The van der Waals surface area contributed by atoms with E-state index in [1.54, 1.807) is 0 Å². The average Bonchev–Trinajstić information content (AvgIpc) is 3.18. The van der Waals surface area contributed by atoms with E-state index >= 15 is 0 Å². The van der Waals surface area contributed by atoms with E-state index in [1.807, 2.05) is 6.92 Å². The molecule has 114 valence electrons. The Hall–Kier alpha value is -0.650. The Morgan fingerprint density at radius 1 is 1.40 bits per heavy atom. The third-order valence-electron chi connectivity index (χ3n) is 5.02. The molecule has 3 atom stereocenters. The lowest BCUT2D eigenvalue weighted by molar-refractivity contribution is -0.153. The van der Waals surface area contributed by atoms with Crippen LogP contribution in [0.25, 0.3) is 0 Å². The standard InChI is InChI=1S/C15H26N2O3/c1-2-19-14(18)15(16,11-6-7-11)10-17-8-9-20-13-5-3-4-12(13)17/h11-13H,2-10,16H2,1H3. The summed E-state index contributed by atoms with van der Waals surface area (Å²) in [6.07, 6.45) is 5.96. The second-order valence-electron chi connectivity index (χ2n) is 6.41. The lowest BCUT2D eigenvalue weighted by atomic mass is 9.92. The van der Waals surface area contributed by atoms with Gasteiger partial charge in [0.1, 0.15) is 5.54 Å². The van der Waals surface area contributed by atoms with Crippen LogP contribution in [0.2, 0.25) is 0 Å². The second-order valence-corrected chi connectivity index (χ2v) is 6.41. The van der Waals surface area contributed by atoms with Crippen LogP contribution in [0.3, 0.4) is 0 Å². The minimum absolute atomic E-state index is 0.219. The Balaban J connectivity index is 1.71. The number of esters is 1. The molecule has 1 aliphatic heterocycles. The molecule has 2 N–H and O–H groups in total. The molecule has 3 aliphatic rings. The summed E-state index contributed by atoms with van der Waals surface area (Å²) in [6, 6.07) is 0.444. The van der Waals surface area contributed by atoms with Crippen LogP contribution in [0.15, 0.2) is 0 Å². The first-order valence-corrected chi connectivity index (χ1v) is 7.97. The number of hydrogen-bond donors (Lipinski definition) is 1. The normalized spacial score (nSPS) is 33.5. The van der Waals surface area contributed by atoms with Crippen molar-refractivity contribution < 1.29 is 14.3 Å². The highest BCUT2D eigenvalue weighted by Crippen LogP contribution is 2.41. The fraction of sp³-hybridized carbons (Fsp3) is 0.933. The Bertz CT molecular complexity index is 372. The molecule has 0 radical (unpaired) electrons. The maximum Gasteiger partial charge on any atom is 0.327 e. The molecule has 3 rings (SSSR count). The highest BCUT2D eigenvalue weighted by Gasteiger charge is 2.51. The van der Waals surface area contributed by atoms with Crippen molar-refractivity contribution in [2.45, 2.75) is 56.7 Å². The topological polar surface area (TPSA) is 64.8 Å². The Labute approximate surface area is 120 Å². The number of hydrogen-bond acceptors (Lipinski definition) is 5. The summed E-state index contributed by atoms with van der Waals surface area (Å²) in [5.74, 6) is 0.0767. The zero-order valence-electron chi connectivity index (χ0n) is 12.3. The summed E-state index contributed by atoms with van der Waals surface area (Å²) in [4.78, 5) is 14.7. The molecule has 5 heteroatoms. The van der Waals surface area contributed by atoms with Crippen molar-refractivity contribution in [2.24, 2.45) is 11.7 Å². The van der Waals surface area contributed by atoms with Gasteiger partial charge in [-0.25, -0.2) is 4.79 Å². The maximum absolute atomic E-state index is 12.3. The van der Waals surface area contributed by atoms with Crippen LogP contribution in [0.1, 0.15) is 39.0 Å². The number of ether oxygens (including phenoxy) is 2. The quantitative estimate of drug-likeness (QED) is 0.759. The molecule has 1 saturated heterocycles. The highest BCUT2D eigenvalue weighted by atomic mass is 16.5. The molecule has 0 bridgehead atoms. The van der Waals surface area contributed by atoms with Gasteiger partial charge in [0, 0.05) is 19.1 Å². The monoisotopic (exact) mass is 282 g/mol. The smallest absolute Gasteiger partial charge is 0.327 e. The van der Waals surface area contributed by atoms with E-state index in [1.165, 1.54) is 6.42 Å². The van der Waals surface area contributed by atoms with Crippen LogP contribution in [0, 0.1) is 5.92 Å². The van der Waals surface area contributed by atoms with E-state index in [0.717, 1.165) is 38.8 Å². The van der Waals surface area contributed by atoms with Crippen molar-refractivity contribution in [3.05, 3.63) is 0 Å². The molecule has 0 aromatic rings.